The molecule has 2 saturated carbocycles. The maximum absolute atomic E-state index is 15.1. The summed E-state index contributed by atoms with van der Waals surface area (Å²) in [5.74, 6) is -2.42. The van der Waals surface area contributed by atoms with Crippen LogP contribution in [0.5, 0.6) is 0 Å². The monoisotopic (exact) mass is 520 g/mol. The van der Waals surface area contributed by atoms with Crippen molar-refractivity contribution < 1.29 is 31.3 Å². The van der Waals surface area contributed by atoms with Crippen molar-refractivity contribution in [2.75, 3.05) is 16.4 Å². The van der Waals surface area contributed by atoms with Crippen molar-refractivity contribution in [3.05, 3.63) is 41.9 Å². The van der Waals surface area contributed by atoms with Crippen LogP contribution in [0.4, 0.5) is 44.1 Å². The molecule has 4 aromatic rings. The normalized spacial score (nSPS) is 16.7. The molecule has 2 fully saturated rings. The minimum Gasteiger partial charge on any atom is -0.383 e. The van der Waals surface area contributed by atoms with E-state index in [1.807, 2.05) is 0 Å². The molecular formula is C22H17F5N8O2. The Morgan fingerprint density at radius 2 is 1.81 bits per heavy atom. The largest absolute Gasteiger partial charge is 0.400 e. The van der Waals surface area contributed by atoms with Crippen molar-refractivity contribution in [3.8, 4) is 11.3 Å². The first kappa shape index (κ1) is 23.1. The first-order valence-electron chi connectivity index (χ1n) is 11.2. The second-order valence-electron chi connectivity index (χ2n) is 9.03. The van der Waals surface area contributed by atoms with E-state index in [1.54, 1.807) is 4.68 Å². The summed E-state index contributed by atoms with van der Waals surface area (Å²) in [5, 5.41) is 12.3. The molecule has 0 atom stereocenters. The average molecular weight is 520 g/mol. The van der Waals surface area contributed by atoms with Gasteiger partial charge in [-0.2, -0.15) is 18.3 Å². The van der Waals surface area contributed by atoms with Crippen LogP contribution in [0.3, 0.4) is 0 Å². The van der Waals surface area contributed by atoms with Gasteiger partial charge in [0, 0.05) is 11.8 Å². The molecule has 3 heterocycles. The second-order valence-corrected chi connectivity index (χ2v) is 9.03. The minimum atomic E-state index is -4.50. The zero-order chi connectivity index (χ0) is 26.1. The molecule has 0 aliphatic heterocycles. The second kappa shape index (κ2) is 7.85. The molecule has 10 nitrogen and oxygen atoms in total. The summed E-state index contributed by atoms with van der Waals surface area (Å²) in [6, 6.07) is 1.75. The number of carbonyl (C=O) groups is 1. The molecule has 2 aliphatic carbocycles. The Morgan fingerprint density at radius 1 is 1.11 bits per heavy atom. The molecule has 15 heteroatoms. The van der Waals surface area contributed by atoms with Crippen LogP contribution in [0.25, 0.3) is 22.3 Å². The summed E-state index contributed by atoms with van der Waals surface area (Å²) >= 11 is 0. The molecule has 37 heavy (non-hydrogen) atoms. The number of alkyl halides is 3. The predicted molar refractivity (Wildman–Crippen MR) is 119 cm³/mol. The van der Waals surface area contributed by atoms with Gasteiger partial charge in [0.25, 0.3) is 0 Å². The number of nitrogen functional groups attached to an aromatic ring is 1. The van der Waals surface area contributed by atoms with Gasteiger partial charge in [-0.1, -0.05) is 5.16 Å². The van der Waals surface area contributed by atoms with E-state index in [-0.39, 0.29) is 53.0 Å². The van der Waals surface area contributed by atoms with Crippen LogP contribution in [-0.2, 0) is 5.41 Å². The van der Waals surface area contributed by atoms with Crippen molar-refractivity contribution in [2.24, 2.45) is 0 Å². The number of urea groups is 1. The standard InChI is InChI=1S/C22H17F5N8O2/c23-11-5-9(31-20(36)32-14-7-13(34-37-14)21(3-4-21)22(25,26)27)6-12(24)15(11)17-16-18(28)29-8-30-19(16)35(33-17)10-1-2-10/h5-8,10H,1-4H2,(H2,28,29,30)(H2,31,32,36). The third kappa shape index (κ3) is 3.81. The molecule has 6 rings (SSSR count). The Bertz CT molecular complexity index is 1530. The van der Waals surface area contributed by atoms with Crippen LogP contribution in [-0.4, -0.2) is 37.1 Å². The number of amides is 2. The van der Waals surface area contributed by atoms with Crippen LogP contribution in [0.15, 0.2) is 29.0 Å². The zero-order valence-electron chi connectivity index (χ0n) is 18.7. The molecule has 0 radical (unpaired) electrons. The van der Waals surface area contributed by atoms with E-state index < -0.39 is 34.8 Å². The van der Waals surface area contributed by atoms with Gasteiger partial charge in [0.15, 0.2) is 5.65 Å². The van der Waals surface area contributed by atoms with Crippen LogP contribution in [0.1, 0.15) is 37.4 Å². The number of anilines is 3. The van der Waals surface area contributed by atoms with Crippen molar-refractivity contribution in [2.45, 2.75) is 43.3 Å². The number of fused-ring (bicyclic) bond motifs is 1. The van der Waals surface area contributed by atoms with Crippen molar-refractivity contribution in [1.29, 1.82) is 0 Å². The van der Waals surface area contributed by atoms with Crippen LogP contribution >= 0.6 is 0 Å². The molecule has 2 amide bonds. The smallest absolute Gasteiger partial charge is 0.383 e. The van der Waals surface area contributed by atoms with E-state index >= 15 is 8.78 Å². The third-order valence-electron chi connectivity index (χ3n) is 6.48. The number of nitrogens with zero attached hydrogens (tertiary/aromatic N) is 5. The van der Waals surface area contributed by atoms with Gasteiger partial charge in [0.2, 0.25) is 5.88 Å². The first-order valence-corrected chi connectivity index (χ1v) is 11.2. The number of aromatic nitrogens is 5. The Kier molecular flexibility index (Phi) is 4.90. The predicted octanol–water partition coefficient (Wildman–Crippen LogP) is 4.91. The highest BCUT2D eigenvalue weighted by atomic mass is 19.4. The number of rotatable bonds is 5. The van der Waals surface area contributed by atoms with Gasteiger partial charge in [-0.25, -0.2) is 28.2 Å². The number of benzene rings is 1. The average Bonchev–Trinajstić information content (AvgIpc) is 3.73. The van der Waals surface area contributed by atoms with Gasteiger partial charge in [-0.15, -0.1) is 0 Å². The number of nitrogens with one attached hydrogen (secondary N) is 2. The molecule has 3 aromatic heterocycles. The van der Waals surface area contributed by atoms with E-state index in [0.717, 1.165) is 31.0 Å². The lowest BCUT2D eigenvalue weighted by atomic mass is 10.0. The lowest BCUT2D eigenvalue weighted by molar-refractivity contribution is -0.161. The molecule has 0 bridgehead atoms. The SMILES string of the molecule is Nc1ncnc2c1c(-c1c(F)cc(NC(=O)Nc3cc(C4(C(F)(F)F)CC4)no3)cc1F)nn2C1CC1. The number of nitrogens with two attached hydrogens (primary N) is 1. The lowest BCUT2D eigenvalue weighted by Gasteiger charge is -2.15. The van der Waals surface area contributed by atoms with Gasteiger partial charge in [-0.05, 0) is 37.8 Å². The van der Waals surface area contributed by atoms with E-state index in [0.29, 0.717) is 5.65 Å². The van der Waals surface area contributed by atoms with Gasteiger partial charge < -0.3 is 15.6 Å². The summed E-state index contributed by atoms with van der Waals surface area (Å²) in [5.41, 5.74) is 3.08. The van der Waals surface area contributed by atoms with E-state index in [4.69, 9.17) is 10.3 Å². The fourth-order valence-corrected chi connectivity index (χ4v) is 4.26. The Labute approximate surface area is 204 Å². The molecule has 0 spiro atoms. The minimum absolute atomic E-state index is 0.0113. The maximum Gasteiger partial charge on any atom is 0.400 e. The van der Waals surface area contributed by atoms with Gasteiger partial charge in [0.05, 0.1) is 17.0 Å². The highest BCUT2D eigenvalue weighted by molar-refractivity contribution is 6.00. The fourth-order valence-electron chi connectivity index (χ4n) is 4.26. The van der Waals surface area contributed by atoms with E-state index in [2.05, 4.69) is 30.9 Å². The summed E-state index contributed by atoms with van der Waals surface area (Å²) in [7, 11) is 0. The van der Waals surface area contributed by atoms with E-state index in [1.165, 1.54) is 6.33 Å². The topological polar surface area (TPSA) is 137 Å². The summed E-state index contributed by atoms with van der Waals surface area (Å²) < 4.78 is 76.4. The van der Waals surface area contributed by atoms with Crippen molar-refractivity contribution >= 4 is 34.5 Å². The molecule has 192 valence electrons. The van der Waals surface area contributed by atoms with Crippen LogP contribution in [0.2, 0.25) is 0 Å². The summed E-state index contributed by atoms with van der Waals surface area (Å²) in [4.78, 5) is 20.4. The van der Waals surface area contributed by atoms with Crippen LogP contribution < -0.4 is 16.4 Å². The molecule has 1 aromatic carbocycles. The highest BCUT2D eigenvalue weighted by Crippen LogP contribution is 2.58. The number of hydrogen-bond donors (Lipinski definition) is 3. The third-order valence-corrected chi connectivity index (χ3v) is 6.48. The van der Waals surface area contributed by atoms with Crippen molar-refractivity contribution in [3.63, 3.8) is 0 Å². The highest BCUT2D eigenvalue weighted by Gasteiger charge is 2.66. The maximum atomic E-state index is 15.1. The zero-order valence-corrected chi connectivity index (χ0v) is 18.7. The number of hydrogen-bond acceptors (Lipinski definition) is 7. The summed E-state index contributed by atoms with van der Waals surface area (Å²) in [6.45, 7) is 0. The quantitative estimate of drug-likeness (QED) is 0.318. The van der Waals surface area contributed by atoms with E-state index in [9.17, 15) is 18.0 Å². The van der Waals surface area contributed by atoms with Gasteiger partial charge in [-0.3, -0.25) is 5.32 Å². The molecule has 2 aliphatic rings. The summed E-state index contributed by atoms with van der Waals surface area (Å²) in [6.07, 6.45) is -1.85. The number of halogens is 5. The molecule has 4 N–H and O–H groups in total. The Balaban J connectivity index is 1.24. The molecule has 0 saturated heterocycles. The van der Waals surface area contributed by atoms with Gasteiger partial charge >= 0.3 is 12.2 Å². The Hall–Kier alpha value is -4.30. The fraction of sp³-hybridized carbons (Fsp3) is 0.318. The first-order chi connectivity index (χ1) is 17.6. The molecule has 0 unspecified atom stereocenters. The van der Waals surface area contributed by atoms with Crippen LogP contribution in [0, 0.1) is 11.6 Å². The number of carbonyl (C=O) groups excluding carboxylic acids is 1. The molecular weight excluding hydrogens is 503 g/mol. The lowest BCUT2D eigenvalue weighted by Crippen LogP contribution is -2.28. The Morgan fingerprint density at radius 3 is 2.43 bits per heavy atom. The van der Waals surface area contributed by atoms with Gasteiger partial charge in [0.1, 0.15) is 40.6 Å². The van der Waals surface area contributed by atoms with Crippen molar-refractivity contribution in [1.82, 2.24) is 24.9 Å².